The number of hydrogen-bond acceptors (Lipinski definition) is 1. The summed E-state index contributed by atoms with van der Waals surface area (Å²) in [5, 5.41) is 3.64. The molecule has 0 heterocycles. The van der Waals surface area contributed by atoms with Crippen LogP contribution < -0.4 is 0 Å². The highest BCUT2D eigenvalue weighted by molar-refractivity contribution is 14.1. The van der Waals surface area contributed by atoms with Gasteiger partial charge in [0.05, 0.1) is 0 Å². The molecular formula is C7H8IN3. The van der Waals surface area contributed by atoms with E-state index in [1.54, 1.807) is 0 Å². The van der Waals surface area contributed by atoms with E-state index >= 15 is 0 Å². The highest BCUT2D eigenvalue weighted by Gasteiger charge is 2.17. The predicted octanol–water partition coefficient (Wildman–Crippen LogP) is 3.19. The van der Waals surface area contributed by atoms with E-state index in [1.165, 1.54) is 3.58 Å². The van der Waals surface area contributed by atoms with E-state index in [1.807, 2.05) is 19.1 Å². The molecular weight excluding hydrogens is 253 g/mol. The molecule has 1 rings (SSSR count). The lowest BCUT2D eigenvalue weighted by molar-refractivity contribution is 0.633. The lowest BCUT2D eigenvalue weighted by Crippen LogP contribution is -2.09. The Bertz CT molecular complexity index is 250. The fourth-order valence-electron chi connectivity index (χ4n) is 1.01. The molecule has 1 aliphatic carbocycles. The summed E-state index contributed by atoms with van der Waals surface area (Å²) in [6.45, 7) is 1.92. The molecule has 0 spiro atoms. The molecule has 0 bridgehead atoms. The average molecular weight is 261 g/mol. The van der Waals surface area contributed by atoms with E-state index < -0.39 is 0 Å². The summed E-state index contributed by atoms with van der Waals surface area (Å²) in [7, 11) is 0. The maximum atomic E-state index is 8.20. The minimum absolute atomic E-state index is 0.0295. The molecule has 0 radical (unpaired) electrons. The summed E-state index contributed by atoms with van der Waals surface area (Å²) < 4.78 is 1.24. The number of halogens is 1. The highest BCUT2D eigenvalue weighted by Crippen LogP contribution is 2.29. The molecule has 4 heteroatoms. The molecule has 0 aromatic carbocycles. The zero-order valence-electron chi connectivity index (χ0n) is 6.11. The molecule has 0 aliphatic heterocycles. The van der Waals surface area contributed by atoms with Gasteiger partial charge in [-0.15, -0.1) is 0 Å². The zero-order chi connectivity index (χ0) is 8.27. The maximum Gasteiger partial charge on any atom is 0.0453 e. The van der Waals surface area contributed by atoms with Gasteiger partial charge in [0.2, 0.25) is 0 Å². The summed E-state index contributed by atoms with van der Waals surface area (Å²) in [5.74, 6) is 0.298. The molecule has 3 nitrogen and oxygen atoms in total. The van der Waals surface area contributed by atoms with Gasteiger partial charge in [0.1, 0.15) is 0 Å². The van der Waals surface area contributed by atoms with Gasteiger partial charge < -0.3 is 0 Å². The Kier molecular flexibility index (Phi) is 2.96. The maximum absolute atomic E-state index is 8.20. The van der Waals surface area contributed by atoms with Crippen LogP contribution in [0.2, 0.25) is 0 Å². The summed E-state index contributed by atoms with van der Waals surface area (Å²) in [6.07, 6.45) is 6.09. The number of azide groups is 1. The topological polar surface area (TPSA) is 48.8 Å². The third-order valence-electron chi connectivity index (χ3n) is 1.65. The van der Waals surface area contributed by atoms with Crippen LogP contribution in [0, 0.1) is 5.92 Å². The van der Waals surface area contributed by atoms with Crippen molar-refractivity contribution in [1.29, 1.82) is 0 Å². The van der Waals surface area contributed by atoms with Gasteiger partial charge in [0.15, 0.2) is 0 Å². The number of rotatable bonds is 2. The second-order valence-corrected chi connectivity index (χ2v) is 3.65. The minimum atomic E-state index is 0.0295. The Morgan fingerprint density at radius 1 is 1.82 bits per heavy atom. The summed E-state index contributed by atoms with van der Waals surface area (Å²) in [5.41, 5.74) is 8.20. The van der Waals surface area contributed by atoms with Gasteiger partial charge in [-0.1, -0.05) is 30.3 Å². The standard InChI is InChI=1S/C7H8IN3/c1-5(10-11-9)6-3-2-4-7(6)8/h2-6H,1H3/t5-,6?/m0/s1. The highest BCUT2D eigenvalue weighted by atomic mass is 127. The molecule has 0 N–H and O–H groups in total. The SMILES string of the molecule is C[C@H](N=[N+]=[N-])C1C=CC=C1I. The third-order valence-corrected chi connectivity index (χ3v) is 2.72. The van der Waals surface area contributed by atoms with Gasteiger partial charge in [-0.05, 0) is 31.7 Å². The first kappa shape index (κ1) is 8.62. The van der Waals surface area contributed by atoms with Crippen molar-refractivity contribution in [3.8, 4) is 0 Å². The molecule has 1 unspecified atom stereocenters. The Morgan fingerprint density at radius 3 is 3.00 bits per heavy atom. The number of hydrogen-bond donors (Lipinski definition) is 0. The first-order valence-corrected chi connectivity index (χ1v) is 4.41. The molecule has 1 aliphatic rings. The summed E-state index contributed by atoms with van der Waals surface area (Å²) >= 11 is 2.26. The van der Waals surface area contributed by atoms with Crippen molar-refractivity contribution in [3.05, 3.63) is 32.3 Å². The molecule has 0 fully saturated rings. The Labute approximate surface area is 78.9 Å². The van der Waals surface area contributed by atoms with E-state index in [-0.39, 0.29) is 6.04 Å². The second-order valence-electron chi connectivity index (χ2n) is 2.41. The third kappa shape index (κ3) is 1.97. The summed E-state index contributed by atoms with van der Waals surface area (Å²) in [4.78, 5) is 2.78. The molecule has 0 aromatic heterocycles. The van der Waals surface area contributed by atoms with Crippen LogP contribution in [0.3, 0.4) is 0 Å². The van der Waals surface area contributed by atoms with Crippen LogP contribution in [0.15, 0.2) is 26.9 Å². The van der Waals surface area contributed by atoms with Crippen LogP contribution in [0.4, 0.5) is 0 Å². The van der Waals surface area contributed by atoms with Crippen LogP contribution in [-0.2, 0) is 0 Å². The van der Waals surface area contributed by atoms with Gasteiger partial charge in [-0.2, -0.15) is 0 Å². The fourth-order valence-corrected chi connectivity index (χ4v) is 1.95. The van der Waals surface area contributed by atoms with Crippen LogP contribution >= 0.6 is 22.6 Å². The number of nitrogens with zero attached hydrogens (tertiary/aromatic N) is 3. The molecule has 0 saturated carbocycles. The quantitative estimate of drug-likeness (QED) is 0.317. The van der Waals surface area contributed by atoms with Crippen LogP contribution in [0.1, 0.15) is 6.92 Å². The van der Waals surface area contributed by atoms with E-state index in [4.69, 9.17) is 5.53 Å². The van der Waals surface area contributed by atoms with Gasteiger partial charge in [-0.25, -0.2) is 0 Å². The van der Waals surface area contributed by atoms with Crippen molar-refractivity contribution in [2.75, 3.05) is 0 Å². The first-order valence-electron chi connectivity index (χ1n) is 3.34. The van der Waals surface area contributed by atoms with Crippen molar-refractivity contribution in [3.63, 3.8) is 0 Å². The van der Waals surface area contributed by atoms with E-state index in [9.17, 15) is 0 Å². The molecule has 2 atom stereocenters. The van der Waals surface area contributed by atoms with E-state index in [2.05, 4.69) is 38.7 Å². The second kappa shape index (κ2) is 3.78. The van der Waals surface area contributed by atoms with Gasteiger partial charge in [0, 0.05) is 16.9 Å². The Morgan fingerprint density at radius 2 is 2.55 bits per heavy atom. The van der Waals surface area contributed by atoms with E-state index in [0.29, 0.717) is 5.92 Å². The van der Waals surface area contributed by atoms with E-state index in [0.717, 1.165) is 0 Å². The van der Waals surface area contributed by atoms with Gasteiger partial charge in [0.25, 0.3) is 0 Å². The normalized spacial score (nSPS) is 24.2. The van der Waals surface area contributed by atoms with Crippen LogP contribution in [-0.4, -0.2) is 6.04 Å². The lowest BCUT2D eigenvalue weighted by atomic mass is 10.1. The van der Waals surface area contributed by atoms with Crippen molar-refractivity contribution < 1.29 is 0 Å². The van der Waals surface area contributed by atoms with Crippen molar-refractivity contribution >= 4 is 22.6 Å². The van der Waals surface area contributed by atoms with Crippen molar-refractivity contribution in [1.82, 2.24) is 0 Å². The Balaban J connectivity index is 2.68. The lowest BCUT2D eigenvalue weighted by Gasteiger charge is -2.11. The largest absolute Gasteiger partial charge is 0.0899 e. The molecule has 0 aromatic rings. The predicted molar refractivity (Wildman–Crippen MR) is 53.3 cm³/mol. The van der Waals surface area contributed by atoms with Gasteiger partial charge in [-0.3, -0.25) is 0 Å². The fraction of sp³-hybridized carbons (Fsp3) is 0.429. The van der Waals surface area contributed by atoms with Crippen molar-refractivity contribution in [2.24, 2.45) is 11.0 Å². The zero-order valence-corrected chi connectivity index (χ0v) is 8.26. The van der Waals surface area contributed by atoms with Crippen molar-refractivity contribution in [2.45, 2.75) is 13.0 Å². The minimum Gasteiger partial charge on any atom is -0.0899 e. The monoisotopic (exact) mass is 261 g/mol. The average Bonchev–Trinajstić information content (AvgIpc) is 2.36. The molecule has 0 amide bonds. The molecule has 0 saturated heterocycles. The van der Waals surface area contributed by atoms with Crippen LogP contribution in [0.25, 0.3) is 10.4 Å². The molecule has 11 heavy (non-hydrogen) atoms. The van der Waals surface area contributed by atoms with Gasteiger partial charge >= 0.3 is 0 Å². The molecule has 58 valence electrons. The summed E-state index contributed by atoms with van der Waals surface area (Å²) in [6, 6.07) is 0.0295. The van der Waals surface area contributed by atoms with Crippen LogP contribution in [0.5, 0.6) is 0 Å². The smallest absolute Gasteiger partial charge is 0.0453 e. The Hall–Kier alpha value is -0.480. The first-order chi connectivity index (χ1) is 5.25. The number of allylic oxidation sites excluding steroid dienone is 2.